The smallest absolute Gasteiger partial charge is 0.252 e. The maximum atomic E-state index is 11.8. The molecule has 2 aromatic rings. The third kappa shape index (κ3) is 2.86. The molecular formula is C14H12ClNOS. The zero-order valence-electron chi connectivity index (χ0n) is 9.81. The van der Waals surface area contributed by atoms with Crippen molar-refractivity contribution in [2.24, 2.45) is 0 Å². The molecule has 0 saturated carbocycles. The van der Waals surface area contributed by atoms with Crippen molar-refractivity contribution in [3.05, 3.63) is 59.1 Å². The van der Waals surface area contributed by atoms with Crippen LogP contribution >= 0.6 is 23.4 Å². The predicted molar refractivity (Wildman–Crippen MR) is 75.4 cm³/mol. The normalized spacial score (nSPS) is 10.1. The van der Waals surface area contributed by atoms with Crippen molar-refractivity contribution in [2.75, 3.05) is 7.05 Å². The topological polar surface area (TPSA) is 29.1 Å². The van der Waals surface area contributed by atoms with Gasteiger partial charge >= 0.3 is 0 Å². The van der Waals surface area contributed by atoms with Crippen molar-refractivity contribution in [1.29, 1.82) is 0 Å². The van der Waals surface area contributed by atoms with Gasteiger partial charge in [0.15, 0.2) is 0 Å². The molecule has 0 spiro atoms. The maximum Gasteiger partial charge on any atom is 0.252 e. The summed E-state index contributed by atoms with van der Waals surface area (Å²) in [5, 5.41) is 3.33. The van der Waals surface area contributed by atoms with Crippen LogP contribution < -0.4 is 5.32 Å². The zero-order chi connectivity index (χ0) is 13.0. The molecule has 0 bridgehead atoms. The Morgan fingerprint density at radius 2 is 1.67 bits per heavy atom. The van der Waals surface area contributed by atoms with Crippen LogP contribution in [0.3, 0.4) is 0 Å². The fourth-order valence-corrected chi connectivity index (χ4v) is 2.74. The van der Waals surface area contributed by atoms with Gasteiger partial charge in [-0.15, -0.1) is 0 Å². The number of rotatable bonds is 3. The van der Waals surface area contributed by atoms with Crippen molar-refractivity contribution in [3.8, 4) is 0 Å². The number of carbonyl (C=O) groups is 1. The van der Waals surface area contributed by atoms with Gasteiger partial charge in [0.05, 0.1) is 10.6 Å². The molecule has 0 unspecified atom stereocenters. The second kappa shape index (κ2) is 5.94. The first-order chi connectivity index (χ1) is 8.72. The lowest BCUT2D eigenvalue weighted by atomic mass is 10.2. The van der Waals surface area contributed by atoms with E-state index in [1.165, 1.54) is 11.8 Å². The SMILES string of the molecule is CNC(=O)c1ccccc1Sc1ccccc1Cl. The van der Waals surface area contributed by atoms with E-state index in [4.69, 9.17) is 11.6 Å². The minimum atomic E-state index is -0.0925. The highest BCUT2D eigenvalue weighted by atomic mass is 35.5. The summed E-state index contributed by atoms with van der Waals surface area (Å²) in [5.41, 5.74) is 0.657. The Morgan fingerprint density at radius 3 is 2.33 bits per heavy atom. The zero-order valence-corrected chi connectivity index (χ0v) is 11.4. The van der Waals surface area contributed by atoms with Crippen molar-refractivity contribution in [2.45, 2.75) is 9.79 Å². The molecule has 1 N–H and O–H groups in total. The number of hydrogen-bond donors (Lipinski definition) is 1. The highest BCUT2D eigenvalue weighted by molar-refractivity contribution is 7.99. The molecule has 0 atom stereocenters. The number of benzene rings is 2. The molecule has 0 aliphatic heterocycles. The summed E-state index contributed by atoms with van der Waals surface area (Å²) in [7, 11) is 1.62. The molecule has 0 aliphatic rings. The van der Waals surface area contributed by atoms with Gasteiger partial charge in [0.25, 0.3) is 5.91 Å². The summed E-state index contributed by atoms with van der Waals surface area (Å²) in [4.78, 5) is 13.6. The molecule has 4 heteroatoms. The Labute approximate surface area is 115 Å². The number of halogens is 1. The van der Waals surface area contributed by atoms with Gasteiger partial charge in [-0.25, -0.2) is 0 Å². The van der Waals surface area contributed by atoms with Crippen molar-refractivity contribution in [1.82, 2.24) is 5.32 Å². The molecule has 2 aromatic carbocycles. The Balaban J connectivity index is 2.35. The van der Waals surface area contributed by atoms with E-state index in [0.29, 0.717) is 10.6 Å². The van der Waals surface area contributed by atoms with Gasteiger partial charge in [-0.2, -0.15) is 0 Å². The standard InChI is InChI=1S/C14H12ClNOS/c1-16-14(17)10-6-2-4-8-12(10)18-13-9-5-3-7-11(13)15/h2-9H,1H3,(H,16,17). The summed E-state index contributed by atoms with van der Waals surface area (Å²) >= 11 is 7.61. The first kappa shape index (κ1) is 13.0. The molecule has 92 valence electrons. The number of amides is 1. The third-order valence-corrected chi connectivity index (χ3v) is 4.01. The van der Waals surface area contributed by atoms with Gasteiger partial charge in [-0.05, 0) is 24.3 Å². The van der Waals surface area contributed by atoms with Crippen LogP contribution in [0.15, 0.2) is 58.3 Å². The van der Waals surface area contributed by atoms with Gasteiger partial charge in [0, 0.05) is 16.8 Å². The van der Waals surface area contributed by atoms with Gasteiger partial charge < -0.3 is 5.32 Å². The molecule has 0 radical (unpaired) electrons. The van der Waals surface area contributed by atoms with E-state index in [1.54, 1.807) is 13.1 Å². The Hall–Kier alpha value is -1.45. The average Bonchev–Trinajstić information content (AvgIpc) is 2.41. The monoisotopic (exact) mass is 277 g/mol. The van der Waals surface area contributed by atoms with E-state index < -0.39 is 0 Å². The molecule has 0 heterocycles. The molecule has 0 aliphatic carbocycles. The lowest BCUT2D eigenvalue weighted by molar-refractivity contribution is 0.0960. The summed E-state index contributed by atoms with van der Waals surface area (Å²) in [6.45, 7) is 0. The average molecular weight is 278 g/mol. The van der Waals surface area contributed by atoms with E-state index in [9.17, 15) is 4.79 Å². The first-order valence-electron chi connectivity index (χ1n) is 5.46. The van der Waals surface area contributed by atoms with Crippen LogP contribution in [-0.2, 0) is 0 Å². The first-order valence-corrected chi connectivity index (χ1v) is 6.65. The van der Waals surface area contributed by atoms with Crippen LogP contribution in [0, 0.1) is 0 Å². The third-order valence-electron chi connectivity index (χ3n) is 2.42. The molecule has 0 aromatic heterocycles. The summed E-state index contributed by atoms with van der Waals surface area (Å²) in [6, 6.07) is 15.1. The Morgan fingerprint density at radius 1 is 1.06 bits per heavy atom. The highest BCUT2D eigenvalue weighted by Gasteiger charge is 2.11. The van der Waals surface area contributed by atoms with Gasteiger partial charge in [-0.1, -0.05) is 47.6 Å². The molecule has 1 amide bonds. The predicted octanol–water partition coefficient (Wildman–Crippen LogP) is 3.85. The largest absolute Gasteiger partial charge is 0.355 e. The second-order valence-electron chi connectivity index (χ2n) is 3.61. The fraction of sp³-hybridized carbons (Fsp3) is 0.0714. The molecule has 2 nitrogen and oxygen atoms in total. The van der Waals surface area contributed by atoms with Crippen LogP contribution in [0.1, 0.15) is 10.4 Å². The number of hydrogen-bond acceptors (Lipinski definition) is 2. The Bertz CT molecular complexity index is 571. The second-order valence-corrected chi connectivity index (χ2v) is 5.10. The highest BCUT2D eigenvalue weighted by Crippen LogP contribution is 2.34. The van der Waals surface area contributed by atoms with Crippen LogP contribution in [0.5, 0.6) is 0 Å². The van der Waals surface area contributed by atoms with E-state index in [2.05, 4.69) is 5.32 Å². The quantitative estimate of drug-likeness (QED) is 0.923. The van der Waals surface area contributed by atoms with Crippen molar-refractivity contribution >= 4 is 29.3 Å². The summed E-state index contributed by atoms with van der Waals surface area (Å²) < 4.78 is 0. The van der Waals surface area contributed by atoms with E-state index >= 15 is 0 Å². The maximum absolute atomic E-state index is 11.8. The Kier molecular flexibility index (Phi) is 4.28. The summed E-state index contributed by atoms with van der Waals surface area (Å²) in [5.74, 6) is -0.0925. The van der Waals surface area contributed by atoms with Gasteiger partial charge in [0.2, 0.25) is 0 Å². The minimum Gasteiger partial charge on any atom is -0.355 e. The summed E-state index contributed by atoms with van der Waals surface area (Å²) in [6.07, 6.45) is 0. The molecule has 18 heavy (non-hydrogen) atoms. The molecule has 2 rings (SSSR count). The number of nitrogens with one attached hydrogen (secondary N) is 1. The van der Waals surface area contributed by atoms with Crippen LogP contribution in [0.4, 0.5) is 0 Å². The van der Waals surface area contributed by atoms with E-state index in [1.807, 2.05) is 42.5 Å². The number of carbonyl (C=O) groups excluding carboxylic acids is 1. The van der Waals surface area contributed by atoms with E-state index in [0.717, 1.165) is 9.79 Å². The van der Waals surface area contributed by atoms with Crippen LogP contribution in [0.2, 0.25) is 5.02 Å². The van der Waals surface area contributed by atoms with Gasteiger partial charge in [0.1, 0.15) is 0 Å². The minimum absolute atomic E-state index is 0.0925. The molecule has 0 saturated heterocycles. The molecule has 0 fully saturated rings. The van der Waals surface area contributed by atoms with Crippen LogP contribution in [-0.4, -0.2) is 13.0 Å². The van der Waals surface area contributed by atoms with E-state index in [-0.39, 0.29) is 5.91 Å². The lowest BCUT2D eigenvalue weighted by Crippen LogP contribution is -2.18. The lowest BCUT2D eigenvalue weighted by Gasteiger charge is -2.08. The van der Waals surface area contributed by atoms with Crippen molar-refractivity contribution < 1.29 is 4.79 Å². The fourth-order valence-electron chi connectivity index (χ4n) is 1.52. The van der Waals surface area contributed by atoms with Gasteiger partial charge in [-0.3, -0.25) is 4.79 Å². The molecular weight excluding hydrogens is 266 g/mol. The van der Waals surface area contributed by atoms with Crippen LogP contribution in [0.25, 0.3) is 0 Å². The van der Waals surface area contributed by atoms with Crippen molar-refractivity contribution in [3.63, 3.8) is 0 Å².